The first-order valence-corrected chi connectivity index (χ1v) is 5.63. The Morgan fingerprint density at radius 1 is 1.00 bits per heavy atom. The minimum atomic E-state index is -4.83. The van der Waals surface area contributed by atoms with E-state index >= 15 is 0 Å². The fourth-order valence-corrected chi connectivity index (χ4v) is 3.17. The zero-order valence-corrected chi connectivity index (χ0v) is 9.49. The second-order valence-electron chi connectivity index (χ2n) is 4.81. The fourth-order valence-electron chi connectivity index (χ4n) is 3.17. The molecule has 2 aliphatic rings. The molecule has 2 rings (SSSR count). The highest BCUT2D eigenvalue weighted by atomic mass is 19.3. The van der Waals surface area contributed by atoms with Crippen LogP contribution in [0.15, 0.2) is 11.7 Å². The van der Waals surface area contributed by atoms with Gasteiger partial charge in [-0.3, -0.25) is 0 Å². The quantitative estimate of drug-likeness (QED) is 0.783. The highest BCUT2D eigenvalue weighted by Gasteiger charge is 2.89. The van der Waals surface area contributed by atoms with Crippen molar-refractivity contribution >= 4 is 0 Å². The average molecular weight is 274 g/mol. The number of allylic oxidation sites excluding steroid dienone is 2. The van der Waals surface area contributed by atoms with Gasteiger partial charge in [-0.15, -0.1) is 0 Å². The van der Waals surface area contributed by atoms with E-state index in [0.29, 0.717) is 0 Å². The van der Waals surface area contributed by atoms with E-state index in [1.54, 1.807) is 0 Å². The van der Waals surface area contributed by atoms with Crippen LogP contribution < -0.4 is 0 Å². The molecule has 0 amide bonds. The minimum Gasteiger partial charge on any atom is -0.396 e. The van der Waals surface area contributed by atoms with E-state index < -0.39 is 47.4 Å². The van der Waals surface area contributed by atoms with Crippen molar-refractivity contribution in [2.24, 2.45) is 11.8 Å². The number of hydrogen-bond acceptors (Lipinski definition) is 1. The monoisotopic (exact) mass is 274 g/mol. The van der Waals surface area contributed by atoms with Gasteiger partial charge in [0.1, 0.15) is 0 Å². The van der Waals surface area contributed by atoms with Gasteiger partial charge in [-0.1, -0.05) is 13.3 Å². The first-order chi connectivity index (χ1) is 8.21. The van der Waals surface area contributed by atoms with Crippen LogP contribution in [-0.2, 0) is 0 Å². The molecule has 0 radical (unpaired) electrons. The summed E-state index contributed by atoms with van der Waals surface area (Å²) in [6.45, 7) is 0.355. The first-order valence-electron chi connectivity index (χ1n) is 5.63. The fraction of sp³-hybridized carbons (Fsp3) is 0.818. The highest BCUT2D eigenvalue weighted by molar-refractivity contribution is 5.46. The molecule has 4 unspecified atom stereocenters. The van der Waals surface area contributed by atoms with Crippen LogP contribution >= 0.6 is 0 Å². The van der Waals surface area contributed by atoms with E-state index in [2.05, 4.69) is 0 Å². The van der Waals surface area contributed by atoms with Crippen molar-refractivity contribution in [1.29, 1.82) is 0 Å². The van der Waals surface area contributed by atoms with E-state index in [1.165, 1.54) is 6.92 Å². The van der Waals surface area contributed by atoms with Gasteiger partial charge >= 0.3 is 5.92 Å². The lowest BCUT2D eigenvalue weighted by molar-refractivity contribution is -0.164. The predicted molar refractivity (Wildman–Crippen MR) is 50.8 cm³/mol. The summed E-state index contributed by atoms with van der Waals surface area (Å²) in [6.07, 6.45) is -0.0718. The van der Waals surface area contributed by atoms with Crippen LogP contribution in [0, 0.1) is 11.8 Å². The summed E-state index contributed by atoms with van der Waals surface area (Å²) in [5.41, 5.74) is -8.07. The summed E-state index contributed by atoms with van der Waals surface area (Å²) < 4.78 is 82.4. The molecule has 2 aliphatic carbocycles. The molecule has 0 aliphatic heterocycles. The van der Waals surface area contributed by atoms with Gasteiger partial charge in [-0.2, -0.15) is 8.78 Å². The molecule has 1 saturated carbocycles. The van der Waals surface area contributed by atoms with Crippen LogP contribution in [0.5, 0.6) is 0 Å². The van der Waals surface area contributed by atoms with Crippen LogP contribution in [0.2, 0.25) is 0 Å². The van der Waals surface area contributed by atoms with Crippen LogP contribution in [0.4, 0.5) is 26.3 Å². The van der Waals surface area contributed by atoms with Gasteiger partial charge in [0, 0.05) is 11.8 Å². The van der Waals surface area contributed by atoms with Crippen molar-refractivity contribution in [2.45, 2.75) is 37.0 Å². The maximum atomic E-state index is 14.3. The lowest BCUT2D eigenvalue weighted by Gasteiger charge is -2.31. The number of halogens is 6. The third kappa shape index (κ3) is 1.06. The van der Waals surface area contributed by atoms with Crippen LogP contribution in [0.3, 0.4) is 0 Å². The number of hydrogen-bond donors (Lipinski definition) is 1. The number of alkyl halides is 4. The largest absolute Gasteiger partial charge is 0.396 e. The third-order valence-electron chi connectivity index (χ3n) is 4.05. The Morgan fingerprint density at radius 2 is 1.44 bits per heavy atom. The second-order valence-corrected chi connectivity index (χ2v) is 4.81. The normalized spacial score (nSPS) is 46.0. The Hall–Kier alpha value is -0.720. The number of aliphatic hydroxyl groups is 1. The average Bonchev–Trinajstić information content (AvgIpc) is 2.50. The molecule has 0 aromatic rings. The van der Waals surface area contributed by atoms with Gasteiger partial charge in [0.2, 0.25) is 11.3 Å². The first kappa shape index (κ1) is 13.7. The molecule has 1 N–H and O–H groups in total. The minimum absolute atomic E-state index is 0.188. The number of fused-ring (bicyclic) bond motifs is 2. The topological polar surface area (TPSA) is 20.2 Å². The Bertz CT molecular complexity index is 408. The third-order valence-corrected chi connectivity index (χ3v) is 4.05. The van der Waals surface area contributed by atoms with Crippen molar-refractivity contribution in [3.8, 4) is 0 Å². The smallest absolute Gasteiger partial charge is 0.328 e. The van der Waals surface area contributed by atoms with Crippen molar-refractivity contribution in [2.75, 3.05) is 6.61 Å². The molecule has 18 heavy (non-hydrogen) atoms. The zero-order chi connectivity index (χ0) is 13.9. The Kier molecular flexibility index (Phi) is 2.78. The summed E-state index contributed by atoms with van der Waals surface area (Å²) in [5.74, 6) is -13.4. The van der Waals surface area contributed by atoms with Crippen molar-refractivity contribution in [3.63, 3.8) is 0 Å². The van der Waals surface area contributed by atoms with E-state index in [-0.39, 0.29) is 12.8 Å². The van der Waals surface area contributed by atoms with Gasteiger partial charge in [0.05, 0.1) is 6.61 Å². The molecule has 4 atom stereocenters. The molecule has 0 heterocycles. The molecule has 0 aromatic carbocycles. The van der Waals surface area contributed by atoms with Gasteiger partial charge in [0.25, 0.3) is 0 Å². The molecular formula is C11H12F6O. The molecule has 2 bridgehead atoms. The van der Waals surface area contributed by atoms with E-state index in [1.807, 2.05) is 0 Å². The standard InChI is InChI=1S/C11H12F6O/c1-2-3-5-6(4-18)10(15)8(13)7(12)9(5,14)11(10,16)17/h5-6,18H,2-4H2,1H3. The van der Waals surface area contributed by atoms with Gasteiger partial charge < -0.3 is 5.11 Å². The van der Waals surface area contributed by atoms with Crippen molar-refractivity contribution in [1.82, 2.24) is 0 Å². The summed E-state index contributed by atoms with van der Waals surface area (Å²) in [5, 5.41) is 8.95. The van der Waals surface area contributed by atoms with E-state index in [4.69, 9.17) is 5.11 Å². The van der Waals surface area contributed by atoms with E-state index in [9.17, 15) is 26.3 Å². The SMILES string of the molecule is CCCC1C(CO)C2(F)C(F)=C(F)C1(F)C2(F)F. The molecule has 0 saturated heterocycles. The van der Waals surface area contributed by atoms with E-state index in [0.717, 1.165) is 0 Å². The predicted octanol–water partition coefficient (Wildman–Crippen LogP) is 3.24. The van der Waals surface area contributed by atoms with Gasteiger partial charge in [-0.05, 0) is 6.42 Å². The lowest BCUT2D eigenvalue weighted by atomic mass is 9.77. The summed E-state index contributed by atoms with van der Waals surface area (Å²) in [4.78, 5) is 0. The lowest BCUT2D eigenvalue weighted by Crippen LogP contribution is -2.48. The number of rotatable bonds is 3. The van der Waals surface area contributed by atoms with Crippen LogP contribution in [0.1, 0.15) is 19.8 Å². The maximum Gasteiger partial charge on any atom is 0.328 e. The summed E-state index contributed by atoms with van der Waals surface area (Å²) in [6, 6.07) is 0. The summed E-state index contributed by atoms with van der Waals surface area (Å²) >= 11 is 0. The van der Waals surface area contributed by atoms with Crippen LogP contribution in [0.25, 0.3) is 0 Å². The Balaban J connectivity index is 2.65. The molecule has 1 fully saturated rings. The Morgan fingerprint density at radius 3 is 1.83 bits per heavy atom. The number of aliphatic hydroxyl groups excluding tert-OH is 1. The van der Waals surface area contributed by atoms with Crippen molar-refractivity contribution < 1.29 is 31.4 Å². The van der Waals surface area contributed by atoms with Gasteiger partial charge in [0.15, 0.2) is 11.7 Å². The molecule has 0 aromatic heterocycles. The molecule has 7 heteroatoms. The molecule has 0 spiro atoms. The maximum absolute atomic E-state index is 14.3. The molecule has 1 nitrogen and oxygen atoms in total. The second kappa shape index (κ2) is 3.65. The highest BCUT2D eigenvalue weighted by Crippen LogP contribution is 2.72. The Labute approximate surface area is 99.5 Å². The van der Waals surface area contributed by atoms with Crippen molar-refractivity contribution in [3.05, 3.63) is 11.7 Å². The van der Waals surface area contributed by atoms with Gasteiger partial charge in [-0.25, -0.2) is 17.6 Å². The molecular weight excluding hydrogens is 262 g/mol. The van der Waals surface area contributed by atoms with Crippen LogP contribution in [-0.4, -0.2) is 29.0 Å². The summed E-state index contributed by atoms with van der Waals surface area (Å²) in [7, 11) is 0. The zero-order valence-electron chi connectivity index (χ0n) is 9.49. The molecule has 104 valence electrons.